The molecule has 2 aliphatic rings. The van der Waals surface area contributed by atoms with Crippen LogP contribution in [0.3, 0.4) is 0 Å². The van der Waals surface area contributed by atoms with Crippen molar-refractivity contribution in [2.75, 3.05) is 18.4 Å². The maximum atomic E-state index is 13.6. The van der Waals surface area contributed by atoms with Crippen molar-refractivity contribution in [1.29, 1.82) is 0 Å². The quantitative estimate of drug-likeness (QED) is 0.856. The third-order valence-corrected chi connectivity index (χ3v) is 5.98. The number of aryl methyl sites for hydroxylation is 1. The molecule has 0 bridgehead atoms. The van der Waals surface area contributed by atoms with E-state index >= 15 is 0 Å². The molecule has 1 N–H and O–H groups in total. The van der Waals surface area contributed by atoms with Crippen LogP contribution in [0.4, 0.5) is 5.69 Å². The maximum Gasteiger partial charge on any atom is 0.244 e. The van der Waals surface area contributed by atoms with E-state index in [0.29, 0.717) is 13.1 Å². The molecule has 2 aromatic rings. The number of carbonyl (C=O) groups excluding carboxylic acids is 3. The number of rotatable bonds is 3. The SMILES string of the molecule is CCN1C(=O)C[C@H](C(=O)N2CC(=O)Nc3ccccc3C2)[C@H]1c1cnn(C)c1C. The van der Waals surface area contributed by atoms with E-state index in [-0.39, 0.29) is 36.7 Å². The Morgan fingerprint density at radius 1 is 1.24 bits per heavy atom. The van der Waals surface area contributed by atoms with E-state index in [0.717, 1.165) is 22.5 Å². The molecule has 0 aliphatic carbocycles. The van der Waals surface area contributed by atoms with Crippen LogP contribution in [-0.4, -0.2) is 50.4 Å². The van der Waals surface area contributed by atoms with E-state index < -0.39 is 5.92 Å². The number of carbonyl (C=O) groups is 3. The number of benzene rings is 1. The zero-order valence-corrected chi connectivity index (χ0v) is 16.9. The summed E-state index contributed by atoms with van der Waals surface area (Å²) in [4.78, 5) is 41.9. The molecule has 0 saturated carbocycles. The Hall–Kier alpha value is -3.16. The van der Waals surface area contributed by atoms with Gasteiger partial charge in [0, 0.05) is 43.5 Å². The van der Waals surface area contributed by atoms with Gasteiger partial charge in [-0.1, -0.05) is 18.2 Å². The molecule has 1 aromatic heterocycles. The molecule has 2 aliphatic heterocycles. The summed E-state index contributed by atoms with van der Waals surface area (Å²) in [5, 5.41) is 7.17. The first-order chi connectivity index (χ1) is 13.9. The highest BCUT2D eigenvalue weighted by atomic mass is 16.2. The van der Waals surface area contributed by atoms with Crippen molar-refractivity contribution in [2.45, 2.75) is 32.9 Å². The van der Waals surface area contributed by atoms with Gasteiger partial charge in [-0.05, 0) is 25.5 Å². The maximum absolute atomic E-state index is 13.6. The molecular weight excluding hydrogens is 370 g/mol. The Bertz CT molecular complexity index is 982. The van der Waals surface area contributed by atoms with Gasteiger partial charge in [0.25, 0.3) is 0 Å². The first-order valence-electron chi connectivity index (χ1n) is 9.85. The van der Waals surface area contributed by atoms with Gasteiger partial charge < -0.3 is 15.1 Å². The molecular formula is C21H25N5O3. The molecule has 4 rings (SSSR count). The monoisotopic (exact) mass is 395 g/mol. The van der Waals surface area contributed by atoms with Crippen molar-refractivity contribution in [1.82, 2.24) is 19.6 Å². The predicted molar refractivity (Wildman–Crippen MR) is 107 cm³/mol. The van der Waals surface area contributed by atoms with Gasteiger partial charge in [-0.25, -0.2) is 0 Å². The Balaban J connectivity index is 1.68. The van der Waals surface area contributed by atoms with Crippen LogP contribution in [0.1, 0.15) is 36.2 Å². The first kappa shape index (κ1) is 19.2. The molecule has 1 aromatic carbocycles. The Morgan fingerprint density at radius 3 is 2.69 bits per heavy atom. The molecule has 0 radical (unpaired) electrons. The third kappa shape index (κ3) is 3.28. The summed E-state index contributed by atoms with van der Waals surface area (Å²) in [5.41, 5.74) is 3.43. The minimum Gasteiger partial charge on any atom is -0.335 e. The molecule has 0 spiro atoms. The molecule has 1 saturated heterocycles. The number of amides is 3. The molecule has 29 heavy (non-hydrogen) atoms. The fourth-order valence-corrected chi connectivity index (χ4v) is 4.37. The average Bonchev–Trinajstić information content (AvgIpc) is 3.13. The van der Waals surface area contributed by atoms with Crippen molar-refractivity contribution < 1.29 is 14.4 Å². The number of hydrogen-bond acceptors (Lipinski definition) is 4. The third-order valence-electron chi connectivity index (χ3n) is 5.98. The van der Waals surface area contributed by atoms with E-state index in [9.17, 15) is 14.4 Å². The lowest BCUT2D eigenvalue weighted by atomic mass is 9.92. The van der Waals surface area contributed by atoms with Gasteiger partial charge >= 0.3 is 0 Å². The highest BCUT2D eigenvalue weighted by Crippen LogP contribution is 2.40. The fraction of sp³-hybridized carbons (Fsp3) is 0.429. The standard InChI is InChI=1S/C21H25N5O3/c1-4-26-19(28)9-15(20(26)16-10-22-24(3)13(16)2)21(29)25-11-14-7-5-6-8-17(14)23-18(27)12-25/h5-8,10,15,20H,4,9,11-12H2,1-3H3,(H,23,27)/t15-,20-/m0/s1. The van der Waals surface area contributed by atoms with Gasteiger partial charge in [-0.15, -0.1) is 0 Å². The van der Waals surface area contributed by atoms with E-state index in [2.05, 4.69) is 10.4 Å². The summed E-state index contributed by atoms with van der Waals surface area (Å²) < 4.78 is 1.75. The van der Waals surface area contributed by atoms with Crippen molar-refractivity contribution in [3.8, 4) is 0 Å². The summed E-state index contributed by atoms with van der Waals surface area (Å²) >= 11 is 0. The average molecular weight is 395 g/mol. The van der Waals surface area contributed by atoms with Gasteiger partial charge in [0.2, 0.25) is 17.7 Å². The van der Waals surface area contributed by atoms with Crippen LogP contribution in [0.25, 0.3) is 0 Å². The lowest BCUT2D eigenvalue weighted by Gasteiger charge is -2.30. The van der Waals surface area contributed by atoms with Crippen molar-refractivity contribution in [2.24, 2.45) is 13.0 Å². The minimum atomic E-state index is -0.539. The number of nitrogens with zero attached hydrogens (tertiary/aromatic N) is 4. The number of aromatic nitrogens is 2. The summed E-state index contributed by atoms with van der Waals surface area (Å²) in [6.45, 7) is 4.69. The normalized spacial score (nSPS) is 21.8. The first-order valence-corrected chi connectivity index (χ1v) is 9.85. The van der Waals surface area contributed by atoms with Crippen molar-refractivity contribution >= 4 is 23.4 Å². The van der Waals surface area contributed by atoms with Crippen LogP contribution in [0.15, 0.2) is 30.5 Å². The predicted octanol–water partition coefficient (Wildman–Crippen LogP) is 1.62. The molecule has 3 amide bonds. The molecule has 3 heterocycles. The van der Waals surface area contributed by atoms with E-state index in [1.54, 1.807) is 20.7 Å². The number of nitrogens with one attached hydrogen (secondary N) is 1. The van der Waals surface area contributed by atoms with Gasteiger partial charge in [-0.3, -0.25) is 19.1 Å². The number of likely N-dealkylation sites (tertiary alicyclic amines) is 1. The number of anilines is 1. The van der Waals surface area contributed by atoms with Crippen LogP contribution >= 0.6 is 0 Å². The van der Waals surface area contributed by atoms with Crippen LogP contribution in [-0.2, 0) is 28.0 Å². The molecule has 1 fully saturated rings. The van der Waals surface area contributed by atoms with E-state index in [4.69, 9.17) is 0 Å². The van der Waals surface area contributed by atoms with Gasteiger partial charge in [0.05, 0.1) is 18.2 Å². The van der Waals surface area contributed by atoms with Crippen LogP contribution in [0, 0.1) is 12.8 Å². The smallest absolute Gasteiger partial charge is 0.244 e. The second-order valence-corrected chi connectivity index (χ2v) is 7.64. The van der Waals surface area contributed by atoms with Gasteiger partial charge in [0.15, 0.2) is 0 Å². The number of hydrogen-bond donors (Lipinski definition) is 1. The Morgan fingerprint density at radius 2 is 2.00 bits per heavy atom. The molecule has 8 heteroatoms. The molecule has 2 atom stereocenters. The minimum absolute atomic E-state index is 0.0247. The largest absolute Gasteiger partial charge is 0.335 e. The van der Waals surface area contributed by atoms with Gasteiger partial charge in [0.1, 0.15) is 6.54 Å². The molecule has 152 valence electrons. The Kier molecular flexibility index (Phi) is 4.86. The van der Waals surface area contributed by atoms with Crippen LogP contribution in [0.2, 0.25) is 0 Å². The second-order valence-electron chi connectivity index (χ2n) is 7.64. The summed E-state index contributed by atoms with van der Waals surface area (Å²) in [5.74, 6) is -0.981. The highest BCUT2D eigenvalue weighted by Gasteiger charge is 2.46. The van der Waals surface area contributed by atoms with E-state index in [1.807, 2.05) is 45.2 Å². The second kappa shape index (κ2) is 7.35. The lowest BCUT2D eigenvalue weighted by molar-refractivity contribution is -0.139. The molecule has 8 nitrogen and oxygen atoms in total. The Labute approximate surface area is 169 Å². The zero-order valence-electron chi connectivity index (χ0n) is 16.9. The highest BCUT2D eigenvalue weighted by molar-refractivity contribution is 5.98. The van der Waals surface area contributed by atoms with Crippen LogP contribution in [0.5, 0.6) is 0 Å². The van der Waals surface area contributed by atoms with Gasteiger partial charge in [-0.2, -0.15) is 5.10 Å². The number of fused-ring (bicyclic) bond motifs is 1. The summed E-state index contributed by atoms with van der Waals surface area (Å²) in [6, 6.07) is 7.11. The lowest BCUT2D eigenvalue weighted by Crippen LogP contribution is -2.41. The summed E-state index contributed by atoms with van der Waals surface area (Å²) in [6.07, 6.45) is 1.89. The van der Waals surface area contributed by atoms with Crippen molar-refractivity contribution in [3.63, 3.8) is 0 Å². The number of para-hydroxylation sites is 1. The van der Waals surface area contributed by atoms with Crippen LogP contribution < -0.4 is 5.32 Å². The zero-order chi connectivity index (χ0) is 20.7. The topological polar surface area (TPSA) is 87.5 Å². The van der Waals surface area contributed by atoms with E-state index in [1.165, 1.54) is 0 Å². The fourth-order valence-electron chi connectivity index (χ4n) is 4.37. The molecule has 0 unspecified atom stereocenters. The summed E-state index contributed by atoms with van der Waals surface area (Å²) in [7, 11) is 1.85. The van der Waals surface area contributed by atoms with Crippen molar-refractivity contribution in [3.05, 3.63) is 47.3 Å².